The fourth-order valence-electron chi connectivity index (χ4n) is 4.52. The molecule has 2 saturated heterocycles. The predicted molar refractivity (Wildman–Crippen MR) is 122 cm³/mol. The Morgan fingerprint density at radius 2 is 1.64 bits per heavy atom. The number of benzene rings is 2. The van der Waals surface area contributed by atoms with Gasteiger partial charge in [-0.05, 0) is 43.9 Å². The topological polar surface area (TPSA) is 64.4 Å². The van der Waals surface area contributed by atoms with Gasteiger partial charge in [0, 0.05) is 31.0 Å². The van der Waals surface area contributed by atoms with Crippen LogP contribution in [-0.4, -0.2) is 48.1 Å². The molecular formula is C23H22F5N3O3S2. The van der Waals surface area contributed by atoms with E-state index in [0.717, 1.165) is 37.4 Å². The Morgan fingerprint density at radius 1 is 0.972 bits per heavy atom. The molecule has 2 fully saturated rings. The minimum absolute atomic E-state index is 0.0787. The quantitative estimate of drug-likeness (QED) is 0.181. The van der Waals surface area contributed by atoms with Gasteiger partial charge in [-0.15, -0.1) is 0 Å². The van der Waals surface area contributed by atoms with Gasteiger partial charge in [-0.1, -0.05) is 11.8 Å². The molecule has 3 heterocycles. The largest absolute Gasteiger partial charge is 0.376 e. The Hall–Kier alpha value is -2.22. The number of imidazole rings is 1. The summed E-state index contributed by atoms with van der Waals surface area (Å²) in [5, 5.41) is 0.250. The molecule has 0 N–H and O–H groups in total. The first-order chi connectivity index (χ1) is 17.2. The summed E-state index contributed by atoms with van der Waals surface area (Å²) >= 11 is 0.800. The molecule has 2 aliphatic rings. The molecule has 13 heteroatoms. The number of ether oxygens (including phenoxy) is 1. The Kier molecular flexibility index (Phi) is 7.01. The van der Waals surface area contributed by atoms with Crippen molar-refractivity contribution in [2.24, 2.45) is 0 Å². The van der Waals surface area contributed by atoms with E-state index in [1.54, 1.807) is 10.6 Å². The third kappa shape index (κ3) is 4.50. The lowest BCUT2D eigenvalue weighted by Gasteiger charge is -2.16. The predicted octanol–water partition coefficient (Wildman–Crippen LogP) is 4.99. The highest BCUT2D eigenvalue weighted by molar-refractivity contribution is 7.98. The van der Waals surface area contributed by atoms with Crippen molar-refractivity contribution >= 4 is 32.8 Å². The van der Waals surface area contributed by atoms with Crippen LogP contribution in [0.2, 0.25) is 0 Å². The smallest absolute Gasteiger partial charge is 0.243 e. The summed E-state index contributed by atoms with van der Waals surface area (Å²) in [7, 11) is -3.70. The number of hydrogen-bond donors (Lipinski definition) is 0. The van der Waals surface area contributed by atoms with Crippen LogP contribution in [0, 0.1) is 29.1 Å². The maximum absolute atomic E-state index is 14.2. The summed E-state index contributed by atoms with van der Waals surface area (Å²) < 4.78 is 104. The monoisotopic (exact) mass is 547 g/mol. The van der Waals surface area contributed by atoms with E-state index < -0.39 is 50.4 Å². The highest BCUT2D eigenvalue weighted by atomic mass is 32.2. The molecule has 0 bridgehead atoms. The van der Waals surface area contributed by atoms with Crippen LogP contribution in [0.5, 0.6) is 0 Å². The minimum atomic E-state index is -3.70. The number of nitrogens with zero attached hydrogens (tertiary/aromatic N) is 3. The zero-order valence-corrected chi connectivity index (χ0v) is 20.6. The number of hydrogen-bond acceptors (Lipinski definition) is 5. The molecule has 0 aliphatic carbocycles. The van der Waals surface area contributed by atoms with Crippen LogP contribution in [0.4, 0.5) is 22.0 Å². The molecular weight excluding hydrogens is 525 g/mol. The first-order valence-electron chi connectivity index (χ1n) is 11.4. The molecule has 2 aromatic carbocycles. The first kappa shape index (κ1) is 25.4. The molecule has 0 unspecified atom stereocenters. The molecule has 0 spiro atoms. The Labute approximate surface area is 208 Å². The third-order valence-corrected chi connectivity index (χ3v) is 9.34. The van der Waals surface area contributed by atoms with E-state index >= 15 is 0 Å². The van der Waals surface area contributed by atoms with Gasteiger partial charge in [-0.25, -0.2) is 35.4 Å². The summed E-state index contributed by atoms with van der Waals surface area (Å²) in [6.45, 7) is 1.81. The number of sulfonamides is 1. The summed E-state index contributed by atoms with van der Waals surface area (Å²) in [5.74, 6) is -10.6. The van der Waals surface area contributed by atoms with Crippen molar-refractivity contribution in [3.8, 4) is 0 Å². The molecule has 194 valence electrons. The number of rotatable bonds is 7. The van der Waals surface area contributed by atoms with E-state index in [0.29, 0.717) is 37.3 Å². The van der Waals surface area contributed by atoms with Gasteiger partial charge >= 0.3 is 0 Å². The highest BCUT2D eigenvalue weighted by Crippen LogP contribution is 2.33. The molecule has 36 heavy (non-hydrogen) atoms. The number of aromatic nitrogens is 2. The minimum Gasteiger partial charge on any atom is -0.376 e. The van der Waals surface area contributed by atoms with Gasteiger partial charge in [0.2, 0.25) is 15.8 Å². The zero-order chi connectivity index (χ0) is 25.6. The molecule has 6 nitrogen and oxygen atoms in total. The van der Waals surface area contributed by atoms with Crippen molar-refractivity contribution in [2.75, 3.05) is 19.7 Å². The van der Waals surface area contributed by atoms with Crippen molar-refractivity contribution in [2.45, 2.75) is 54.1 Å². The van der Waals surface area contributed by atoms with E-state index in [2.05, 4.69) is 4.98 Å². The second-order valence-electron chi connectivity index (χ2n) is 8.74. The van der Waals surface area contributed by atoms with Crippen molar-refractivity contribution in [1.82, 2.24) is 13.9 Å². The maximum atomic E-state index is 14.2. The van der Waals surface area contributed by atoms with Crippen LogP contribution >= 0.6 is 11.8 Å². The summed E-state index contributed by atoms with van der Waals surface area (Å²) in [6, 6.07) is 4.54. The van der Waals surface area contributed by atoms with Crippen molar-refractivity contribution < 1.29 is 35.1 Å². The zero-order valence-electron chi connectivity index (χ0n) is 18.9. The lowest BCUT2D eigenvalue weighted by atomic mass is 10.2. The lowest BCUT2D eigenvalue weighted by molar-refractivity contribution is 0.0960. The molecule has 0 amide bonds. The average Bonchev–Trinajstić information content (AvgIpc) is 3.64. The molecule has 0 saturated carbocycles. The normalized spacial score (nSPS) is 19.1. The Balaban J connectivity index is 1.52. The van der Waals surface area contributed by atoms with E-state index in [1.165, 1.54) is 16.4 Å². The number of thioether (sulfide) groups is 1. The van der Waals surface area contributed by atoms with Gasteiger partial charge in [-0.2, -0.15) is 4.31 Å². The molecule has 2 aliphatic heterocycles. The van der Waals surface area contributed by atoms with Gasteiger partial charge in [0.1, 0.15) is 0 Å². The molecule has 3 aromatic rings. The highest BCUT2D eigenvalue weighted by Gasteiger charge is 2.29. The number of halogens is 5. The fraction of sp³-hybridized carbons (Fsp3) is 0.435. The van der Waals surface area contributed by atoms with Gasteiger partial charge in [0.05, 0.1) is 28.6 Å². The van der Waals surface area contributed by atoms with Gasteiger partial charge < -0.3 is 9.30 Å². The van der Waals surface area contributed by atoms with E-state index in [-0.39, 0.29) is 16.2 Å². The van der Waals surface area contributed by atoms with Gasteiger partial charge in [0.15, 0.2) is 28.4 Å². The van der Waals surface area contributed by atoms with Crippen molar-refractivity contribution in [1.29, 1.82) is 0 Å². The van der Waals surface area contributed by atoms with Crippen LogP contribution in [-0.2, 0) is 27.1 Å². The molecule has 5 rings (SSSR count). The second kappa shape index (κ2) is 9.92. The van der Waals surface area contributed by atoms with Crippen molar-refractivity contribution in [3.05, 3.63) is 52.8 Å². The van der Waals surface area contributed by atoms with Gasteiger partial charge in [0.25, 0.3) is 0 Å². The molecule has 1 atom stereocenters. The van der Waals surface area contributed by atoms with Crippen molar-refractivity contribution in [3.63, 3.8) is 0 Å². The van der Waals surface area contributed by atoms with Crippen LogP contribution in [0.3, 0.4) is 0 Å². The maximum Gasteiger partial charge on any atom is 0.243 e. The average molecular weight is 548 g/mol. The van der Waals surface area contributed by atoms with Gasteiger partial charge in [-0.3, -0.25) is 0 Å². The van der Waals surface area contributed by atoms with E-state index in [9.17, 15) is 30.4 Å². The summed E-state index contributed by atoms with van der Waals surface area (Å²) in [6.07, 6.45) is 3.07. The van der Waals surface area contributed by atoms with Crippen LogP contribution in [0.25, 0.3) is 11.0 Å². The van der Waals surface area contributed by atoms with Crippen LogP contribution in [0.1, 0.15) is 31.2 Å². The van der Waals surface area contributed by atoms with Crippen LogP contribution < -0.4 is 0 Å². The third-order valence-electron chi connectivity index (χ3n) is 6.44. The molecule has 1 aromatic heterocycles. The van der Waals surface area contributed by atoms with Crippen LogP contribution in [0.15, 0.2) is 28.3 Å². The standard InChI is InChI=1S/C23H22F5N3O3S2/c24-18-15(19(25)21(27)22(28)20(18)26)12-35-23-29-16-10-14(36(32,33)30-7-1-2-8-30)5-6-17(16)31(23)11-13-4-3-9-34-13/h5-6,10,13H,1-4,7-9,11-12H2/t13-/m1/s1. The molecule has 0 radical (unpaired) electrons. The fourth-order valence-corrected chi connectivity index (χ4v) is 7.07. The lowest BCUT2D eigenvalue weighted by Crippen LogP contribution is -2.27. The Bertz CT molecular complexity index is 1390. The van der Waals surface area contributed by atoms with E-state index in [1.807, 2.05) is 0 Å². The Morgan fingerprint density at radius 3 is 2.28 bits per heavy atom. The number of fused-ring (bicyclic) bond motifs is 1. The SMILES string of the molecule is O=S(=O)(c1ccc2c(c1)nc(SCc1c(F)c(F)c(F)c(F)c1F)n2C[C@H]1CCCO1)N1CCCC1. The second-order valence-corrected chi connectivity index (χ2v) is 11.6. The summed E-state index contributed by atoms with van der Waals surface area (Å²) in [4.78, 5) is 4.55. The first-order valence-corrected chi connectivity index (χ1v) is 13.9. The van der Waals surface area contributed by atoms with E-state index in [4.69, 9.17) is 4.74 Å². The summed E-state index contributed by atoms with van der Waals surface area (Å²) in [5.41, 5.74) is -0.0385.